The van der Waals surface area contributed by atoms with Crippen LogP contribution < -0.4 is 10.6 Å². The number of carbonyl (C=O) groups is 1. The highest BCUT2D eigenvalue weighted by Gasteiger charge is 2.31. The Balaban J connectivity index is 1.95. The molecule has 0 fully saturated rings. The predicted octanol–water partition coefficient (Wildman–Crippen LogP) is 6.72. The standard InChI is InChI=1S/C26H32ClF3N2O2/c1-3-5-9-32(4-2)24-15-19-8-6-7-18(19)13-20(24)14-23(34-25(31)33)12-17-10-21(26(28,29)30)16-22(27)11-17/h10-11,13,15-16,23H,3-9,12,14H2,1-2H3,(H2,31,33). The summed E-state index contributed by atoms with van der Waals surface area (Å²) in [6, 6.07) is 7.81. The molecule has 0 saturated heterocycles. The van der Waals surface area contributed by atoms with E-state index in [-0.39, 0.29) is 11.4 Å². The number of anilines is 1. The van der Waals surface area contributed by atoms with Gasteiger partial charge in [-0.3, -0.25) is 0 Å². The maximum atomic E-state index is 13.3. The van der Waals surface area contributed by atoms with Gasteiger partial charge < -0.3 is 15.4 Å². The van der Waals surface area contributed by atoms with Crippen LogP contribution in [-0.2, 0) is 36.6 Å². The van der Waals surface area contributed by atoms with Gasteiger partial charge in [-0.1, -0.05) is 31.0 Å². The Bertz CT molecular complexity index is 1010. The second-order valence-corrected chi connectivity index (χ2v) is 9.29. The van der Waals surface area contributed by atoms with Crippen LogP contribution in [0.25, 0.3) is 0 Å². The number of carbonyl (C=O) groups excluding carboxylic acids is 1. The molecule has 34 heavy (non-hydrogen) atoms. The molecule has 0 heterocycles. The first-order valence-electron chi connectivity index (χ1n) is 11.8. The molecule has 8 heteroatoms. The van der Waals surface area contributed by atoms with Crippen molar-refractivity contribution in [3.05, 3.63) is 63.2 Å². The van der Waals surface area contributed by atoms with Crippen molar-refractivity contribution in [3.63, 3.8) is 0 Å². The molecule has 1 unspecified atom stereocenters. The number of hydrogen-bond acceptors (Lipinski definition) is 3. The van der Waals surface area contributed by atoms with Crippen LogP contribution in [0.15, 0.2) is 30.3 Å². The van der Waals surface area contributed by atoms with Crippen LogP contribution in [-0.4, -0.2) is 25.3 Å². The monoisotopic (exact) mass is 496 g/mol. The van der Waals surface area contributed by atoms with Gasteiger partial charge in [-0.2, -0.15) is 13.2 Å². The molecule has 0 bridgehead atoms. The Morgan fingerprint density at radius 1 is 1.12 bits per heavy atom. The highest BCUT2D eigenvalue weighted by molar-refractivity contribution is 6.30. The van der Waals surface area contributed by atoms with E-state index in [0.29, 0.717) is 12.0 Å². The van der Waals surface area contributed by atoms with E-state index in [1.165, 1.54) is 17.2 Å². The Hall–Kier alpha value is -2.41. The minimum absolute atomic E-state index is 0.0161. The fraction of sp³-hybridized carbons (Fsp3) is 0.500. The summed E-state index contributed by atoms with van der Waals surface area (Å²) in [5.41, 5.74) is 9.57. The lowest BCUT2D eigenvalue weighted by molar-refractivity contribution is -0.137. The first-order chi connectivity index (χ1) is 16.1. The van der Waals surface area contributed by atoms with Crippen molar-refractivity contribution in [2.45, 2.75) is 71.1 Å². The summed E-state index contributed by atoms with van der Waals surface area (Å²) in [5, 5.41) is -0.0161. The molecule has 3 rings (SSSR count). The first kappa shape index (κ1) is 26.2. The summed E-state index contributed by atoms with van der Waals surface area (Å²) in [4.78, 5) is 14.0. The molecule has 4 nitrogen and oxygen atoms in total. The van der Waals surface area contributed by atoms with Gasteiger partial charge in [-0.25, -0.2) is 4.79 Å². The maximum Gasteiger partial charge on any atom is 0.416 e. The molecule has 1 amide bonds. The molecule has 0 aliphatic heterocycles. The number of hydrogen-bond donors (Lipinski definition) is 1. The summed E-state index contributed by atoms with van der Waals surface area (Å²) in [5.74, 6) is 0. The maximum absolute atomic E-state index is 13.3. The number of alkyl halides is 3. The van der Waals surface area contributed by atoms with Crippen molar-refractivity contribution in [2.24, 2.45) is 5.73 Å². The Morgan fingerprint density at radius 2 is 1.82 bits per heavy atom. The molecule has 1 aliphatic rings. The zero-order valence-corrected chi connectivity index (χ0v) is 20.4. The highest BCUT2D eigenvalue weighted by Crippen LogP contribution is 2.34. The topological polar surface area (TPSA) is 55.6 Å². The number of aryl methyl sites for hydroxylation is 2. The number of fused-ring (bicyclic) bond motifs is 1. The first-order valence-corrected chi connectivity index (χ1v) is 12.2. The van der Waals surface area contributed by atoms with Crippen molar-refractivity contribution in [1.82, 2.24) is 0 Å². The third kappa shape index (κ3) is 6.81. The highest BCUT2D eigenvalue weighted by atomic mass is 35.5. The third-order valence-corrected chi connectivity index (χ3v) is 6.49. The molecule has 1 atom stereocenters. The van der Waals surface area contributed by atoms with Crippen LogP contribution in [0.4, 0.5) is 23.7 Å². The number of amides is 1. The van der Waals surface area contributed by atoms with E-state index >= 15 is 0 Å². The summed E-state index contributed by atoms with van der Waals surface area (Å²) in [7, 11) is 0. The third-order valence-electron chi connectivity index (χ3n) is 6.28. The Morgan fingerprint density at radius 3 is 2.44 bits per heavy atom. The molecular weight excluding hydrogens is 465 g/mol. The van der Waals surface area contributed by atoms with Gasteiger partial charge in [0.05, 0.1) is 5.56 Å². The summed E-state index contributed by atoms with van der Waals surface area (Å²) in [6.07, 6.45) is -0.520. The molecule has 0 spiro atoms. The van der Waals surface area contributed by atoms with Gasteiger partial charge in [-0.05, 0) is 79.1 Å². The second-order valence-electron chi connectivity index (χ2n) is 8.85. The Kier molecular flexibility index (Phi) is 8.74. The molecular formula is C26H32ClF3N2O2. The van der Waals surface area contributed by atoms with Crippen LogP contribution in [0.2, 0.25) is 5.02 Å². The van der Waals surface area contributed by atoms with Crippen molar-refractivity contribution in [3.8, 4) is 0 Å². The quantitative estimate of drug-likeness (QED) is 0.397. The fourth-order valence-corrected chi connectivity index (χ4v) is 4.94. The number of ether oxygens (including phenoxy) is 1. The summed E-state index contributed by atoms with van der Waals surface area (Å²) in [6.45, 7) is 5.99. The molecule has 186 valence electrons. The average molecular weight is 497 g/mol. The number of nitrogens with two attached hydrogens (primary N) is 1. The summed E-state index contributed by atoms with van der Waals surface area (Å²) >= 11 is 5.96. The van der Waals surface area contributed by atoms with Gasteiger partial charge in [0.2, 0.25) is 0 Å². The molecule has 0 saturated carbocycles. The van der Waals surface area contributed by atoms with Crippen molar-refractivity contribution in [2.75, 3.05) is 18.0 Å². The van der Waals surface area contributed by atoms with Crippen molar-refractivity contribution < 1.29 is 22.7 Å². The van der Waals surface area contributed by atoms with E-state index < -0.39 is 23.9 Å². The van der Waals surface area contributed by atoms with Crippen molar-refractivity contribution >= 4 is 23.4 Å². The molecule has 2 aromatic carbocycles. The number of halogens is 4. The molecule has 1 aliphatic carbocycles. The van der Waals surface area contributed by atoms with E-state index in [4.69, 9.17) is 22.1 Å². The largest absolute Gasteiger partial charge is 0.446 e. The van der Waals surface area contributed by atoms with Crippen LogP contribution in [0.3, 0.4) is 0 Å². The number of primary amides is 1. The fourth-order valence-electron chi connectivity index (χ4n) is 4.68. The van der Waals surface area contributed by atoms with Gasteiger partial charge in [0.1, 0.15) is 6.10 Å². The van der Waals surface area contributed by atoms with Crippen LogP contribution >= 0.6 is 11.6 Å². The molecule has 0 radical (unpaired) electrons. The van der Waals surface area contributed by atoms with Crippen LogP contribution in [0, 0.1) is 0 Å². The molecule has 2 aromatic rings. The number of benzene rings is 2. The van der Waals surface area contributed by atoms with Crippen LogP contribution in [0.5, 0.6) is 0 Å². The second kappa shape index (κ2) is 11.3. The molecule has 2 N–H and O–H groups in total. The van der Waals surface area contributed by atoms with Gasteiger partial charge >= 0.3 is 12.3 Å². The lowest BCUT2D eigenvalue weighted by Gasteiger charge is -2.28. The number of rotatable bonds is 10. The van der Waals surface area contributed by atoms with Crippen LogP contribution in [0.1, 0.15) is 60.9 Å². The minimum Gasteiger partial charge on any atom is -0.446 e. The zero-order valence-electron chi connectivity index (χ0n) is 19.7. The number of unbranched alkanes of at least 4 members (excludes halogenated alkanes) is 1. The minimum atomic E-state index is -4.52. The molecule has 0 aromatic heterocycles. The smallest absolute Gasteiger partial charge is 0.416 e. The van der Waals surface area contributed by atoms with Crippen molar-refractivity contribution in [1.29, 1.82) is 0 Å². The lowest BCUT2D eigenvalue weighted by Crippen LogP contribution is -2.29. The lowest BCUT2D eigenvalue weighted by atomic mass is 9.95. The summed E-state index contributed by atoms with van der Waals surface area (Å²) < 4.78 is 45.2. The van der Waals surface area contributed by atoms with Gasteiger partial charge in [0, 0.05) is 36.6 Å². The predicted molar refractivity (Wildman–Crippen MR) is 130 cm³/mol. The zero-order chi connectivity index (χ0) is 24.9. The van der Waals surface area contributed by atoms with E-state index in [9.17, 15) is 18.0 Å². The SMILES string of the molecule is CCCCN(CC)c1cc2c(cc1CC(Cc1cc(Cl)cc(C(F)(F)F)c1)OC(N)=O)CCC2. The number of nitrogens with zero attached hydrogens (tertiary/aromatic N) is 1. The van der Waals surface area contributed by atoms with E-state index in [0.717, 1.165) is 68.6 Å². The normalized spacial score (nSPS) is 14.1. The Labute approximate surface area is 204 Å². The van der Waals surface area contributed by atoms with Gasteiger partial charge in [-0.15, -0.1) is 0 Å². The van der Waals surface area contributed by atoms with E-state index in [2.05, 4.69) is 30.9 Å². The van der Waals surface area contributed by atoms with E-state index in [1.54, 1.807) is 0 Å². The average Bonchev–Trinajstić information content (AvgIpc) is 3.20. The van der Waals surface area contributed by atoms with Gasteiger partial charge in [0.25, 0.3) is 0 Å². The van der Waals surface area contributed by atoms with E-state index in [1.807, 2.05) is 0 Å². The van der Waals surface area contributed by atoms with Gasteiger partial charge in [0.15, 0.2) is 0 Å².